The van der Waals surface area contributed by atoms with E-state index in [1.165, 1.54) is 18.2 Å². The van der Waals surface area contributed by atoms with Crippen LogP contribution in [0.2, 0.25) is 0 Å². The SMILES string of the molecule is CCOC(=O)Cc1ccccc1C(=O)OOC(=O)c1ccccc1. The Morgan fingerprint density at radius 1 is 0.833 bits per heavy atom. The highest BCUT2D eigenvalue weighted by Crippen LogP contribution is 2.13. The van der Waals surface area contributed by atoms with Crippen LogP contribution in [0, 0.1) is 0 Å². The number of hydrogen-bond donors (Lipinski definition) is 0. The van der Waals surface area contributed by atoms with Gasteiger partial charge in [-0.3, -0.25) is 4.79 Å². The lowest BCUT2D eigenvalue weighted by Gasteiger charge is -2.08. The largest absolute Gasteiger partial charge is 0.466 e. The van der Waals surface area contributed by atoms with Gasteiger partial charge in [0.25, 0.3) is 0 Å². The number of carbonyl (C=O) groups is 3. The molecule has 2 aromatic rings. The lowest BCUT2D eigenvalue weighted by molar-refractivity contribution is -0.187. The number of carbonyl (C=O) groups excluding carboxylic acids is 3. The molecule has 0 spiro atoms. The van der Waals surface area contributed by atoms with Crippen molar-refractivity contribution in [2.24, 2.45) is 0 Å². The van der Waals surface area contributed by atoms with E-state index < -0.39 is 17.9 Å². The number of benzene rings is 2. The van der Waals surface area contributed by atoms with Crippen molar-refractivity contribution in [2.75, 3.05) is 6.61 Å². The maximum Gasteiger partial charge on any atom is 0.386 e. The second-order valence-corrected chi connectivity index (χ2v) is 4.75. The van der Waals surface area contributed by atoms with Crippen molar-refractivity contribution in [1.82, 2.24) is 0 Å². The summed E-state index contributed by atoms with van der Waals surface area (Å²) in [5.74, 6) is -2.11. The molecule has 0 heterocycles. The zero-order valence-electron chi connectivity index (χ0n) is 13.1. The first kappa shape index (κ1) is 17.2. The Bertz CT molecular complexity index is 723. The Kier molecular flexibility index (Phi) is 6.08. The molecule has 6 heteroatoms. The zero-order valence-corrected chi connectivity index (χ0v) is 13.1. The molecule has 124 valence electrons. The minimum absolute atomic E-state index is 0.0776. The monoisotopic (exact) mass is 328 g/mol. The average Bonchev–Trinajstić information content (AvgIpc) is 2.60. The quantitative estimate of drug-likeness (QED) is 0.477. The van der Waals surface area contributed by atoms with E-state index in [4.69, 9.17) is 4.74 Å². The van der Waals surface area contributed by atoms with Crippen molar-refractivity contribution in [2.45, 2.75) is 13.3 Å². The zero-order chi connectivity index (χ0) is 17.4. The maximum absolute atomic E-state index is 12.1. The summed E-state index contributed by atoms with van der Waals surface area (Å²) >= 11 is 0. The summed E-state index contributed by atoms with van der Waals surface area (Å²) in [5, 5.41) is 0. The molecule has 0 bridgehead atoms. The van der Waals surface area contributed by atoms with Gasteiger partial charge in [-0.2, -0.15) is 0 Å². The fourth-order valence-electron chi connectivity index (χ4n) is 1.98. The highest BCUT2D eigenvalue weighted by atomic mass is 17.2. The van der Waals surface area contributed by atoms with Gasteiger partial charge >= 0.3 is 17.9 Å². The molecule has 0 unspecified atom stereocenters. The van der Waals surface area contributed by atoms with Crippen molar-refractivity contribution < 1.29 is 28.9 Å². The molecular weight excluding hydrogens is 312 g/mol. The van der Waals surface area contributed by atoms with Crippen LogP contribution in [0.15, 0.2) is 54.6 Å². The predicted octanol–water partition coefficient (Wildman–Crippen LogP) is 2.72. The smallest absolute Gasteiger partial charge is 0.386 e. The Labute approximate surface area is 138 Å². The van der Waals surface area contributed by atoms with E-state index in [0.29, 0.717) is 5.56 Å². The third-order valence-corrected chi connectivity index (χ3v) is 3.08. The highest BCUT2D eigenvalue weighted by Gasteiger charge is 2.18. The van der Waals surface area contributed by atoms with Crippen LogP contribution in [-0.2, 0) is 25.7 Å². The van der Waals surface area contributed by atoms with E-state index in [0.717, 1.165) is 0 Å². The fourth-order valence-corrected chi connectivity index (χ4v) is 1.98. The number of hydrogen-bond acceptors (Lipinski definition) is 6. The minimum Gasteiger partial charge on any atom is -0.466 e. The van der Waals surface area contributed by atoms with Crippen molar-refractivity contribution in [3.63, 3.8) is 0 Å². The van der Waals surface area contributed by atoms with E-state index in [1.807, 2.05) is 0 Å². The molecule has 0 aliphatic rings. The van der Waals surface area contributed by atoms with Crippen molar-refractivity contribution in [3.05, 3.63) is 71.3 Å². The lowest BCUT2D eigenvalue weighted by atomic mass is 10.1. The molecular formula is C18H16O6. The predicted molar refractivity (Wildman–Crippen MR) is 84.1 cm³/mol. The molecule has 6 nitrogen and oxygen atoms in total. The van der Waals surface area contributed by atoms with Gasteiger partial charge in [-0.05, 0) is 30.7 Å². The second-order valence-electron chi connectivity index (χ2n) is 4.75. The highest BCUT2D eigenvalue weighted by molar-refractivity contribution is 5.94. The first-order chi connectivity index (χ1) is 11.6. The van der Waals surface area contributed by atoms with E-state index in [2.05, 4.69) is 9.78 Å². The van der Waals surface area contributed by atoms with Gasteiger partial charge in [-0.25, -0.2) is 19.4 Å². The number of ether oxygens (including phenoxy) is 1. The first-order valence-electron chi connectivity index (χ1n) is 7.33. The summed E-state index contributed by atoms with van der Waals surface area (Å²) in [6, 6.07) is 14.5. The molecule has 0 saturated carbocycles. The molecule has 2 aromatic carbocycles. The van der Waals surface area contributed by atoms with Crippen LogP contribution < -0.4 is 0 Å². The summed E-state index contributed by atoms with van der Waals surface area (Å²) in [6.07, 6.45) is -0.0776. The van der Waals surface area contributed by atoms with Gasteiger partial charge in [0.2, 0.25) is 0 Å². The van der Waals surface area contributed by atoms with E-state index in [1.54, 1.807) is 43.3 Å². The molecule has 0 aromatic heterocycles. The second kappa shape index (κ2) is 8.47. The first-order valence-corrected chi connectivity index (χ1v) is 7.33. The van der Waals surface area contributed by atoms with Gasteiger partial charge < -0.3 is 4.74 Å². The van der Waals surface area contributed by atoms with E-state index >= 15 is 0 Å². The average molecular weight is 328 g/mol. The Morgan fingerprint density at radius 2 is 1.46 bits per heavy atom. The van der Waals surface area contributed by atoms with Crippen molar-refractivity contribution in [1.29, 1.82) is 0 Å². The molecule has 0 atom stereocenters. The fraction of sp³-hybridized carbons (Fsp3) is 0.167. The van der Waals surface area contributed by atoms with Gasteiger partial charge in [-0.1, -0.05) is 36.4 Å². The van der Waals surface area contributed by atoms with Crippen LogP contribution in [0.25, 0.3) is 0 Å². The Balaban J connectivity index is 2.02. The van der Waals surface area contributed by atoms with Gasteiger partial charge in [0, 0.05) is 0 Å². The topological polar surface area (TPSA) is 78.9 Å². The maximum atomic E-state index is 12.1. The Morgan fingerprint density at radius 3 is 2.17 bits per heavy atom. The van der Waals surface area contributed by atoms with Gasteiger partial charge in [0.15, 0.2) is 0 Å². The van der Waals surface area contributed by atoms with Gasteiger partial charge in [-0.15, -0.1) is 0 Å². The lowest BCUT2D eigenvalue weighted by Crippen LogP contribution is -2.15. The van der Waals surface area contributed by atoms with Gasteiger partial charge in [0.05, 0.1) is 24.2 Å². The molecule has 2 rings (SSSR count). The summed E-state index contributed by atoms with van der Waals surface area (Å²) < 4.78 is 4.86. The minimum atomic E-state index is -0.862. The van der Waals surface area contributed by atoms with Gasteiger partial charge in [0.1, 0.15) is 0 Å². The molecule has 0 amide bonds. The molecule has 24 heavy (non-hydrogen) atoms. The molecule has 0 fully saturated rings. The standard InChI is InChI=1S/C18H16O6/c1-2-22-16(19)12-14-10-6-7-11-15(14)18(21)24-23-17(20)13-8-4-3-5-9-13/h3-11H,2,12H2,1H3. The third-order valence-electron chi connectivity index (χ3n) is 3.08. The van der Waals surface area contributed by atoms with Crippen LogP contribution in [0.4, 0.5) is 0 Å². The van der Waals surface area contributed by atoms with Crippen LogP contribution in [0.1, 0.15) is 33.2 Å². The normalized spacial score (nSPS) is 9.88. The molecule has 0 radical (unpaired) electrons. The molecule has 0 saturated heterocycles. The van der Waals surface area contributed by atoms with Crippen molar-refractivity contribution in [3.8, 4) is 0 Å². The molecule has 0 aliphatic heterocycles. The van der Waals surface area contributed by atoms with Crippen LogP contribution in [0.3, 0.4) is 0 Å². The van der Waals surface area contributed by atoms with Crippen LogP contribution >= 0.6 is 0 Å². The Hall–Kier alpha value is -3.15. The number of esters is 1. The molecule has 0 N–H and O–H groups in total. The summed E-state index contributed by atoms with van der Waals surface area (Å²) in [5.41, 5.74) is 0.813. The third kappa shape index (κ3) is 4.67. The molecule has 0 aliphatic carbocycles. The van der Waals surface area contributed by atoms with Crippen LogP contribution in [0.5, 0.6) is 0 Å². The summed E-state index contributed by atoms with van der Waals surface area (Å²) in [4.78, 5) is 44.6. The summed E-state index contributed by atoms with van der Waals surface area (Å²) in [7, 11) is 0. The number of rotatable bonds is 5. The van der Waals surface area contributed by atoms with Crippen LogP contribution in [-0.4, -0.2) is 24.5 Å². The van der Waals surface area contributed by atoms with Crippen molar-refractivity contribution >= 4 is 17.9 Å². The summed E-state index contributed by atoms with van der Waals surface area (Å²) in [6.45, 7) is 1.95. The van der Waals surface area contributed by atoms with E-state index in [-0.39, 0.29) is 24.2 Å². The van der Waals surface area contributed by atoms with E-state index in [9.17, 15) is 14.4 Å².